The molecule has 0 amide bonds. The highest BCUT2D eigenvalue weighted by Gasteiger charge is 2.31. The van der Waals surface area contributed by atoms with Gasteiger partial charge >= 0.3 is 0 Å². The van der Waals surface area contributed by atoms with E-state index in [1.54, 1.807) is 12.1 Å². The van der Waals surface area contributed by atoms with Crippen molar-refractivity contribution in [1.82, 2.24) is 5.32 Å². The molecule has 0 bridgehead atoms. The molecule has 1 saturated heterocycles. The molecule has 2 unspecified atom stereocenters. The molecule has 2 nitrogen and oxygen atoms in total. The van der Waals surface area contributed by atoms with Gasteiger partial charge in [0.05, 0.1) is 5.69 Å². The summed E-state index contributed by atoms with van der Waals surface area (Å²) in [6.45, 7) is 4.16. The van der Waals surface area contributed by atoms with Crippen molar-refractivity contribution in [2.75, 3.05) is 18.0 Å². The van der Waals surface area contributed by atoms with Crippen LogP contribution in [0.1, 0.15) is 32.6 Å². The molecule has 2 fully saturated rings. The predicted molar refractivity (Wildman–Crippen MR) is 77.0 cm³/mol. The molecule has 1 aliphatic heterocycles. The molecule has 19 heavy (non-hydrogen) atoms. The molecule has 2 atom stereocenters. The molecule has 0 radical (unpaired) electrons. The highest BCUT2D eigenvalue weighted by atomic mass is 19.1. The lowest BCUT2D eigenvalue weighted by atomic mass is 9.91. The maximum atomic E-state index is 13.9. The maximum absolute atomic E-state index is 13.9. The topological polar surface area (TPSA) is 15.3 Å². The van der Waals surface area contributed by atoms with E-state index in [0.717, 1.165) is 24.8 Å². The Morgan fingerprint density at radius 1 is 1.21 bits per heavy atom. The van der Waals surface area contributed by atoms with E-state index < -0.39 is 0 Å². The molecule has 1 aromatic carbocycles. The summed E-state index contributed by atoms with van der Waals surface area (Å²) in [5.74, 6) is 0.578. The van der Waals surface area contributed by atoms with Crippen LogP contribution in [0.25, 0.3) is 0 Å². The van der Waals surface area contributed by atoms with E-state index in [0.29, 0.717) is 12.0 Å². The minimum Gasteiger partial charge on any atom is -0.367 e. The van der Waals surface area contributed by atoms with E-state index in [1.807, 2.05) is 12.1 Å². The third-order valence-corrected chi connectivity index (χ3v) is 4.36. The highest BCUT2D eigenvalue weighted by molar-refractivity contribution is 5.48. The van der Waals surface area contributed by atoms with E-state index in [1.165, 1.54) is 25.7 Å². The number of nitrogens with one attached hydrogen (secondary N) is 1. The Morgan fingerprint density at radius 3 is 2.68 bits per heavy atom. The summed E-state index contributed by atoms with van der Waals surface area (Å²) in [5.41, 5.74) is 0.767. The normalized spacial score (nSPS) is 27.6. The van der Waals surface area contributed by atoms with Gasteiger partial charge in [-0.2, -0.15) is 0 Å². The summed E-state index contributed by atoms with van der Waals surface area (Å²) >= 11 is 0. The molecular formula is C16H23FN2. The molecule has 104 valence electrons. The summed E-state index contributed by atoms with van der Waals surface area (Å²) < 4.78 is 13.9. The Kier molecular flexibility index (Phi) is 3.74. The van der Waals surface area contributed by atoms with Crippen LogP contribution in [0.5, 0.6) is 0 Å². The lowest BCUT2D eigenvalue weighted by Crippen LogP contribution is -2.50. The smallest absolute Gasteiger partial charge is 0.146 e. The number of benzene rings is 1. The lowest BCUT2D eigenvalue weighted by molar-refractivity contribution is 0.323. The SMILES string of the molecule is CCC1CC(NC2CC2)CN(c2ccccc2F)C1. The van der Waals surface area contributed by atoms with Crippen LogP contribution in [-0.4, -0.2) is 25.2 Å². The number of piperidine rings is 1. The summed E-state index contributed by atoms with van der Waals surface area (Å²) in [4.78, 5) is 2.23. The first-order valence-electron chi connectivity index (χ1n) is 7.51. The second-order valence-electron chi connectivity index (χ2n) is 6.00. The van der Waals surface area contributed by atoms with Crippen LogP contribution in [0.15, 0.2) is 24.3 Å². The number of anilines is 1. The van der Waals surface area contributed by atoms with Crippen molar-refractivity contribution >= 4 is 5.69 Å². The van der Waals surface area contributed by atoms with Gasteiger partial charge in [-0.05, 0) is 37.3 Å². The first-order valence-corrected chi connectivity index (χ1v) is 7.51. The van der Waals surface area contributed by atoms with Gasteiger partial charge in [0, 0.05) is 25.2 Å². The molecule has 3 rings (SSSR count). The Hall–Kier alpha value is -1.09. The van der Waals surface area contributed by atoms with Crippen molar-refractivity contribution in [2.45, 2.75) is 44.7 Å². The van der Waals surface area contributed by atoms with E-state index in [2.05, 4.69) is 17.1 Å². The fourth-order valence-corrected chi connectivity index (χ4v) is 3.11. The maximum Gasteiger partial charge on any atom is 0.146 e. The van der Waals surface area contributed by atoms with Crippen molar-refractivity contribution in [3.05, 3.63) is 30.1 Å². The van der Waals surface area contributed by atoms with Gasteiger partial charge < -0.3 is 10.2 Å². The Labute approximate surface area is 115 Å². The molecule has 3 heteroatoms. The van der Waals surface area contributed by atoms with Crippen molar-refractivity contribution in [3.63, 3.8) is 0 Å². The fourth-order valence-electron chi connectivity index (χ4n) is 3.11. The summed E-state index contributed by atoms with van der Waals surface area (Å²) in [5, 5.41) is 3.71. The van der Waals surface area contributed by atoms with E-state index in [-0.39, 0.29) is 5.82 Å². The van der Waals surface area contributed by atoms with Gasteiger partial charge in [0.15, 0.2) is 0 Å². The van der Waals surface area contributed by atoms with Crippen LogP contribution in [0.3, 0.4) is 0 Å². The van der Waals surface area contributed by atoms with Gasteiger partial charge in [0.1, 0.15) is 5.82 Å². The molecule has 0 spiro atoms. The summed E-state index contributed by atoms with van der Waals surface area (Å²) in [6.07, 6.45) is 5.03. The first-order chi connectivity index (χ1) is 9.26. The third-order valence-electron chi connectivity index (χ3n) is 4.36. The Morgan fingerprint density at radius 2 is 2.00 bits per heavy atom. The minimum absolute atomic E-state index is 0.0931. The molecule has 0 aromatic heterocycles. The van der Waals surface area contributed by atoms with Crippen molar-refractivity contribution in [2.24, 2.45) is 5.92 Å². The van der Waals surface area contributed by atoms with Crippen LogP contribution in [0.4, 0.5) is 10.1 Å². The molecule has 1 heterocycles. The lowest BCUT2D eigenvalue weighted by Gasteiger charge is -2.39. The summed E-state index contributed by atoms with van der Waals surface area (Å²) in [7, 11) is 0. The van der Waals surface area contributed by atoms with Crippen LogP contribution >= 0.6 is 0 Å². The molecular weight excluding hydrogens is 239 g/mol. The zero-order valence-corrected chi connectivity index (χ0v) is 11.6. The van der Waals surface area contributed by atoms with E-state index in [4.69, 9.17) is 0 Å². The molecule has 1 aliphatic carbocycles. The number of hydrogen-bond acceptors (Lipinski definition) is 2. The van der Waals surface area contributed by atoms with Crippen molar-refractivity contribution in [3.8, 4) is 0 Å². The number of nitrogens with zero attached hydrogens (tertiary/aromatic N) is 1. The van der Waals surface area contributed by atoms with E-state index in [9.17, 15) is 4.39 Å². The number of halogens is 1. The number of rotatable bonds is 4. The number of para-hydroxylation sites is 1. The minimum atomic E-state index is -0.0931. The Balaban J connectivity index is 1.74. The third kappa shape index (κ3) is 3.08. The van der Waals surface area contributed by atoms with Gasteiger partial charge in [-0.25, -0.2) is 4.39 Å². The molecule has 1 saturated carbocycles. The van der Waals surface area contributed by atoms with Gasteiger partial charge in [-0.15, -0.1) is 0 Å². The average Bonchev–Trinajstić information content (AvgIpc) is 3.22. The predicted octanol–water partition coefficient (Wildman–Crippen LogP) is 3.18. The van der Waals surface area contributed by atoms with Crippen molar-refractivity contribution < 1.29 is 4.39 Å². The second kappa shape index (κ2) is 5.49. The van der Waals surface area contributed by atoms with Gasteiger partial charge in [-0.3, -0.25) is 0 Å². The highest BCUT2D eigenvalue weighted by Crippen LogP contribution is 2.29. The van der Waals surface area contributed by atoms with Crippen molar-refractivity contribution in [1.29, 1.82) is 0 Å². The van der Waals surface area contributed by atoms with Crippen LogP contribution in [0, 0.1) is 11.7 Å². The van der Waals surface area contributed by atoms with Gasteiger partial charge in [-0.1, -0.05) is 25.5 Å². The first kappa shape index (κ1) is 12.9. The van der Waals surface area contributed by atoms with Crippen LogP contribution in [0.2, 0.25) is 0 Å². The zero-order valence-electron chi connectivity index (χ0n) is 11.6. The molecule has 1 aromatic rings. The Bertz CT molecular complexity index is 431. The standard InChI is InChI=1S/C16H23FN2/c1-2-12-9-14(18-13-7-8-13)11-19(10-12)16-6-4-3-5-15(16)17/h3-6,12-14,18H,2,7-11H2,1H3. The zero-order chi connectivity index (χ0) is 13.2. The van der Waals surface area contributed by atoms with Crippen LogP contribution < -0.4 is 10.2 Å². The fraction of sp³-hybridized carbons (Fsp3) is 0.625. The monoisotopic (exact) mass is 262 g/mol. The van der Waals surface area contributed by atoms with Gasteiger partial charge in [0.2, 0.25) is 0 Å². The average molecular weight is 262 g/mol. The molecule has 2 aliphatic rings. The quantitative estimate of drug-likeness (QED) is 0.896. The molecule has 1 N–H and O–H groups in total. The van der Waals surface area contributed by atoms with Gasteiger partial charge in [0.25, 0.3) is 0 Å². The number of hydrogen-bond donors (Lipinski definition) is 1. The van der Waals surface area contributed by atoms with E-state index >= 15 is 0 Å². The summed E-state index contributed by atoms with van der Waals surface area (Å²) in [6, 6.07) is 8.40. The second-order valence-corrected chi connectivity index (χ2v) is 6.00. The largest absolute Gasteiger partial charge is 0.367 e. The van der Waals surface area contributed by atoms with Crippen LogP contribution in [-0.2, 0) is 0 Å².